The Bertz CT molecular complexity index is 1390. The summed E-state index contributed by atoms with van der Waals surface area (Å²) in [5.74, 6) is -0.378. The molecule has 0 saturated heterocycles. The molecule has 4 bridgehead atoms. The Morgan fingerprint density at radius 1 is 1.14 bits per heavy atom. The molecule has 2 aliphatic rings. The number of ether oxygens (including phenoxy) is 4. The molecule has 1 atom stereocenters. The van der Waals surface area contributed by atoms with Gasteiger partial charge in [-0.1, -0.05) is 12.1 Å². The van der Waals surface area contributed by atoms with Crippen LogP contribution in [0.5, 0.6) is 5.75 Å². The molecule has 1 aromatic heterocycles. The zero-order valence-corrected chi connectivity index (χ0v) is 25.7. The molecule has 44 heavy (non-hydrogen) atoms. The molecule has 13 nitrogen and oxygen atoms in total. The summed E-state index contributed by atoms with van der Waals surface area (Å²) < 4.78 is 37.5. The van der Waals surface area contributed by atoms with Gasteiger partial charge in [-0.2, -0.15) is 0 Å². The number of hydrogen-bond acceptors (Lipinski definition) is 12. The van der Waals surface area contributed by atoms with E-state index in [0.717, 1.165) is 5.56 Å². The summed E-state index contributed by atoms with van der Waals surface area (Å²) in [6.07, 6.45) is 2.17. The molecule has 3 aromatic rings. The van der Waals surface area contributed by atoms with E-state index in [4.69, 9.17) is 24.7 Å². The molecule has 3 heterocycles. The highest BCUT2D eigenvalue weighted by atomic mass is 32.2. The highest BCUT2D eigenvalue weighted by molar-refractivity contribution is 7.89. The fraction of sp³-hybridized carbons (Fsp3) is 0.400. The lowest BCUT2D eigenvalue weighted by molar-refractivity contribution is -0.140. The van der Waals surface area contributed by atoms with Crippen molar-refractivity contribution in [2.45, 2.75) is 24.3 Å². The topological polar surface area (TPSA) is 173 Å². The van der Waals surface area contributed by atoms with Crippen LogP contribution < -0.4 is 21.1 Å². The van der Waals surface area contributed by atoms with Crippen molar-refractivity contribution in [3.05, 3.63) is 59.9 Å². The Labute approximate surface area is 259 Å². The van der Waals surface area contributed by atoms with Gasteiger partial charge in [0.2, 0.25) is 0 Å². The number of para-hydroxylation sites is 1. The van der Waals surface area contributed by atoms with E-state index in [1.165, 1.54) is 13.3 Å². The molecule has 0 radical (unpaired) electrons. The Balaban J connectivity index is 1.61. The fourth-order valence-corrected chi connectivity index (χ4v) is 5.63. The van der Waals surface area contributed by atoms with Crippen molar-refractivity contribution in [2.75, 3.05) is 71.3 Å². The van der Waals surface area contributed by atoms with Crippen molar-refractivity contribution < 1.29 is 33.1 Å². The van der Waals surface area contributed by atoms with Crippen LogP contribution >= 0.6 is 0 Å². The van der Waals surface area contributed by atoms with Crippen LogP contribution in [0.3, 0.4) is 0 Å². The highest BCUT2D eigenvalue weighted by Crippen LogP contribution is 2.30. The SMILES string of the molecule is CNCc1cccc2c1OCCOCCOCCN(CCCC(=O)OC)[S+]([O-])c1ccc(cc1)-c1cnc(N)c(n1)C(=O)N2. The Morgan fingerprint density at radius 3 is 2.64 bits per heavy atom. The van der Waals surface area contributed by atoms with Gasteiger partial charge in [0.1, 0.15) is 12.4 Å². The zero-order valence-electron chi connectivity index (χ0n) is 24.9. The third kappa shape index (κ3) is 9.11. The summed E-state index contributed by atoms with van der Waals surface area (Å²) in [7, 11) is 3.17. The van der Waals surface area contributed by atoms with E-state index >= 15 is 0 Å². The number of carbonyl (C=O) groups is 2. The number of aromatic nitrogens is 2. The Kier molecular flexibility index (Phi) is 12.7. The van der Waals surface area contributed by atoms with Crippen molar-refractivity contribution in [3.63, 3.8) is 0 Å². The van der Waals surface area contributed by atoms with Gasteiger partial charge >= 0.3 is 5.97 Å². The molecular formula is C30H38N6O7S. The van der Waals surface area contributed by atoms with Crippen LogP contribution in [-0.4, -0.2) is 91.0 Å². The molecule has 0 spiro atoms. The van der Waals surface area contributed by atoms with Gasteiger partial charge in [0, 0.05) is 30.6 Å². The average molecular weight is 627 g/mol. The summed E-state index contributed by atoms with van der Waals surface area (Å²) in [5, 5.41) is 5.98. The van der Waals surface area contributed by atoms with Gasteiger partial charge in [0.25, 0.3) is 5.91 Å². The largest absolute Gasteiger partial charge is 0.593 e. The molecule has 2 aliphatic heterocycles. The lowest BCUT2D eigenvalue weighted by Crippen LogP contribution is -2.35. The predicted octanol–water partition coefficient (Wildman–Crippen LogP) is 2.40. The number of anilines is 2. The first-order chi connectivity index (χ1) is 21.4. The van der Waals surface area contributed by atoms with E-state index in [2.05, 4.69) is 20.6 Å². The van der Waals surface area contributed by atoms with Gasteiger partial charge in [-0.3, -0.25) is 9.59 Å². The van der Waals surface area contributed by atoms with Crippen LogP contribution in [0.25, 0.3) is 11.3 Å². The van der Waals surface area contributed by atoms with E-state index in [0.29, 0.717) is 80.1 Å². The quantitative estimate of drug-likeness (QED) is 0.207. The minimum absolute atomic E-state index is 0.0227. The molecule has 5 rings (SSSR count). The number of amides is 1. The van der Waals surface area contributed by atoms with E-state index in [1.54, 1.807) is 34.6 Å². The smallest absolute Gasteiger partial charge is 0.305 e. The molecule has 1 unspecified atom stereocenters. The number of nitrogens with two attached hydrogens (primary N) is 1. The second kappa shape index (κ2) is 16.9. The zero-order chi connectivity index (χ0) is 31.3. The molecule has 236 valence electrons. The third-order valence-corrected chi connectivity index (χ3v) is 8.17. The van der Waals surface area contributed by atoms with E-state index in [9.17, 15) is 14.1 Å². The maximum atomic E-state index is 13.5. The number of nitrogens with zero attached hydrogens (tertiary/aromatic N) is 3. The summed E-state index contributed by atoms with van der Waals surface area (Å²) in [4.78, 5) is 34.3. The number of carbonyl (C=O) groups excluding carboxylic acids is 2. The van der Waals surface area contributed by atoms with Crippen LogP contribution in [0.1, 0.15) is 28.9 Å². The Hall–Kier alpha value is -3.79. The Morgan fingerprint density at radius 2 is 1.89 bits per heavy atom. The molecule has 0 aliphatic carbocycles. The third-order valence-electron chi connectivity index (χ3n) is 6.66. The van der Waals surface area contributed by atoms with Crippen LogP contribution in [-0.2, 0) is 36.9 Å². The van der Waals surface area contributed by atoms with Crippen molar-refractivity contribution in [1.82, 2.24) is 19.6 Å². The number of fused-ring (bicyclic) bond motifs is 13. The monoisotopic (exact) mass is 626 g/mol. The van der Waals surface area contributed by atoms with Gasteiger partial charge in [0.15, 0.2) is 16.4 Å². The van der Waals surface area contributed by atoms with Crippen molar-refractivity contribution in [2.24, 2.45) is 0 Å². The summed E-state index contributed by atoms with van der Waals surface area (Å²) in [6, 6.07) is 12.4. The summed E-state index contributed by atoms with van der Waals surface area (Å²) in [6.45, 7) is 2.85. The van der Waals surface area contributed by atoms with Crippen molar-refractivity contribution >= 4 is 34.7 Å². The lowest BCUT2D eigenvalue weighted by Gasteiger charge is -2.24. The second-order valence-electron chi connectivity index (χ2n) is 9.72. The van der Waals surface area contributed by atoms with Crippen LogP contribution in [0.2, 0.25) is 0 Å². The number of nitrogens with one attached hydrogen (secondary N) is 2. The number of hydrogen-bond donors (Lipinski definition) is 3. The fourth-order valence-electron chi connectivity index (χ4n) is 4.43. The van der Waals surface area contributed by atoms with Crippen molar-refractivity contribution in [3.8, 4) is 17.0 Å². The first-order valence-electron chi connectivity index (χ1n) is 14.2. The molecule has 0 saturated carbocycles. The highest BCUT2D eigenvalue weighted by Gasteiger charge is 2.24. The summed E-state index contributed by atoms with van der Waals surface area (Å²) >= 11 is -1.52. The number of esters is 1. The lowest BCUT2D eigenvalue weighted by atomic mass is 10.1. The molecule has 14 heteroatoms. The molecule has 4 N–H and O–H groups in total. The van der Waals surface area contributed by atoms with E-state index in [1.807, 2.05) is 19.2 Å². The number of benzene rings is 2. The van der Waals surface area contributed by atoms with Crippen LogP contribution in [0.15, 0.2) is 53.6 Å². The number of methoxy groups -OCH3 is 1. The normalized spacial score (nSPS) is 17.0. The van der Waals surface area contributed by atoms with Gasteiger partial charge in [-0.05, 0) is 43.8 Å². The minimum atomic E-state index is -1.52. The standard InChI is InChI=1S/C30H38N6O7S/c1-32-19-22-5-3-6-24-28(22)43-18-17-42-16-15-41-14-13-36(12-4-7-26(37)40-2)44(39)23-10-8-21(9-11-23)25-20-33-29(31)27(34-25)30(38)35-24/h3,5-6,8-11,20,32H,4,7,12-19H2,1-2H3,(H2,31,33)(H,35,38). The maximum Gasteiger partial charge on any atom is 0.305 e. The average Bonchev–Trinajstić information content (AvgIpc) is 3.03. The second-order valence-corrected chi connectivity index (χ2v) is 11.2. The van der Waals surface area contributed by atoms with E-state index < -0.39 is 17.3 Å². The van der Waals surface area contributed by atoms with Gasteiger partial charge in [-0.25, -0.2) is 9.97 Å². The molecule has 0 fully saturated rings. The number of rotatable bonds is 6. The van der Waals surface area contributed by atoms with Gasteiger partial charge in [0.05, 0.1) is 69.0 Å². The first kappa shape index (κ1) is 33.1. The molecular weight excluding hydrogens is 588 g/mol. The van der Waals surface area contributed by atoms with Crippen molar-refractivity contribution in [1.29, 1.82) is 0 Å². The van der Waals surface area contributed by atoms with E-state index in [-0.39, 0.29) is 30.5 Å². The predicted molar refractivity (Wildman–Crippen MR) is 165 cm³/mol. The maximum absolute atomic E-state index is 13.5. The van der Waals surface area contributed by atoms with Gasteiger partial charge < -0.3 is 39.9 Å². The van der Waals surface area contributed by atoms with Crippen LogP contribution in [0.4, 0.5) is 11.5 Å². The number of nitrogen functional groups attached to an aromatic ring is 1. The molecule has 1 amide bonds. The molecule has 2 aromatic carbocycles. The minimum Gasteiger partial charge on any atom is -0.593 e. The summed E-state index contributed by atoms with van der Waals surface area (Å²) in [5.41, 5.74) is 8.43. The first-order valence-corrected chi connectivity index (χ1v) is 15.3. The van der Waals surface area contributed by atoms with Gasteiger partial charge in [-0.15, -0.1) is 4.31 Å². The van der Waals surface area contributed by atoms with Crippen LogP contribution in [0, 0.1) is 0 Å².